The Bertz CT molecular complexity index is 516. The van der Waals surface area contributed by atoms with Gasteiger partial charge >= 0.3 is 12.1 Å². The minimum absolute atomic E-state index is 0.0679. The summed E-state index contributed by atoms with van der Waals surface area (Å²) in [6, 6.07) is 4.35. The Labute approximate surface area is 99.9 Å². The molecule has 0 fully saturated rings. The van der Waals surface area contributed by atoms with Crippen LogP contribution < -0.4 is 0 Å². The maximum Gasteiger partial charge on any atom is 0.417 e. The summed E-state index contributed by atoms with van der Waals surface area (Å²) in [5.74, 6) is -1.64. The Morgan fingerprint density at radius 3 is 2.22 bits per heavy atom. The number of benzene rings is 1. The number of alkyl halides is 3. The molecule has 1 aliphatic heterocycles. The van der Waals surface area contributed by atoms with Crippen LogP contribution in [0.1, 0.15) is 12.5 Å². The number of rotatable bonds is 1. The van der Waals surface area contributed by atoms with E-state index in [2.05, 4.69) is 0 Å². The number of ether oxygens (including phenoxy) is 1. The molecule has 1 unspecified atom stereocenters. The molecule has 0 aliphatic carbocycles. The predicted octanol–water partition coefficient (Wildman–Crippen LogP) is 3.09. The zero-order valence-electron chi connectivity index (χ0n) is 9.22. The molecule has 18 heavy (non-hydrogen) atoms. The Kier molecular flexibility index (Phi) is 2.68. The lowest BCUT2D eigenvalue weighted by atomic mass is 9.88. The maximum atomic E-state index is 12.8. The summed E-state index contributed by atoms with van der Waals surface area (Å²) in [4.78, 5) is 11.1. The number of esters is 1. The number of cyclic esters (lactones) is 1. The molecule has 1 atom stereocenters. The van der Waals surface area contributed by atoms with Crippen molar-refractivity contribution >= 4 is 5.97 Å². The van der Waals surface area contributed by atoms with Gasteiger partial charge in [0, 0.05) is 6.08 Å². The molecular weight excluding hydrogens is 252 g/mol. The van der Waals surface area contributed by atoms with E-state index in [0.717, 1.165) is 31.2 Å². The van der Waals surface area contributed by atoms with Crippen LogP contribution in [0.3, 0.4) is 0 Å². The smallest absolute Gasteiger partial charge is 0.417 e. The van der Waals surface area contributed by atoms with E-state index in [4.69, 9.17) is 4.74 Å². The van der Waals surface area contributed by atoms with Crippen LogP contribution >= 0.6 is 0 Å². The van der Waals surface area contributed by atoms with Crippen LogP contribution in [0.2, 0.25) is 0 Å². The lowest BCUT2D eigenvalue weighted by molar-refractivity contribution is -0.151. The van der Waals surface area contributed by atoms with Gasteiger partial charge in [0.1, 0.15) is 5.82 Å². The van der Waals surface area contributed by atoms with Crippen molar-refractivity contribution in [3.63, 3.8) is 0 Å². The quantitative estimate of drug-likeness (QED) is 0.573. The average molecular weight is 260 g/mol. The van der Waals surface area contributed by atoms with Crippen LogP contribution in [0.15, 0.2) is 35.9 Å². The first-order valence-corrected chi connectivity index (χ1v) is 5.02. The van der Waals surface area contributed by atoms with Crippen molar-refractivity contribution in [1.82, 2.24) is 0 Å². The van der Waals surface area contributed by atoms with Crippen molar-refractivity contribution in [3.05, 3.63) is 47.3 Å². The van der Waals surface area contributed by atoms with Crippen molar-refractivity contribution in [2.45, 2.75) is 18.7 Å². The van der Waals surface area contributed by atoms with Gasteiger partial charge in [-0.2, -0.15) is 13.2 Å². The monoisotopic (exact) mass is 260 g/mol. The van der Waals surface area contributed by atoms with Crippen LogP contribution in [0.25, 0.3) is 0 Å². The molecule has 0 saturated heterocycles. The summed E-state index contributed by atoms with van der Waals surface area (Å²) >= 11 is 0. The van der Waals surface area contributed by atoms with Gasteiger partial charge < -0.3 is 4.74 Å². The van der Waals surface area contributed by atoms with Gasteiger partial charge in [-0.3, -0.25) is 0 Å². The molecule has 96 valence electrons. The molecular formula is C12H8F4O2. The van der Waals surface area contributed by atoms with Crippen LogP contribution in [-0.2, 0) is 15.1 Å². The Balaban J connectivity index is 2.51. The van der Waals surface area contributed by atoms with Crippen molar-refractivity contribution in [2.75, 3.05) is 0 Å². The van der Waals surface area contributed by atoms with Crippen LogP contribution in [0, 0.1) is 5.82 Å². The van der Waals surface area contributed by atoms with Gasteiger partial charge in [0.25, 0.3) is 0 Å². The van der Waals surface area contributed by atoms with Crippen molar-refractivity contribution in [1.29, 1.82) is 0 Å². The SMILES string of the molecule is CC1(c2ccc(F)cc2)OC(=O)C=C1C(F)(F)F. The highest BCUT2D eigenvalue weighted by Gasteiger charge is 2.53. The number of hydrogen-bond donors (Lipinski definition) is 0. The minimum atomic E-state index is -4.69. The Morgan fingerprint density at radius 1 is 1.17 bits per heavy atom. The molecule has 1 aromatic carbocycles. The molecule has 0 spiro atoms. The molecule has 0 aromatic heterocycles. The number of carbonyl (C=O) groups is 1. The first-order chi connectivity index (χ1) is 8.23. The standard InChI is InChI=1S/C12H8F4O2/c1-11(7-2-4-8(13)5-3-7)9(12(14,15)16)6-10(17)18-11/h2-6H,1H3. The van der Waals surface area contributed by atoms with Gasteiger partial charge in [0.05, 0.1) is 5.57 Å². The third-order valence-corrected chi connectivity index (χ3v) is 2.78. The summed E-state index contributed by atoms with van der Waals surface area (Å²) in [5, 5.41) is 0. The van der Waals surface area contributed by atoms with E-state index in [0.29, 0.717) is 6.08 Å². The lowest BCUT2D eigenvalue weighted by Crippen LogP contribution is -2.32. The summed E-state index contributed by atoms with van der Waals surface area (Å²) < 4.78 is 56.0. The predicted molar refractivity (Wildman–Crippen MR) is 54.0 cm³/mol. The number of halogens is 4. The van der Waals surface area contributed by atoms with E-state index in [9.17, 15) is 22.4 Å². The lowest BCUT2D eigenvalue weighted by Gasteiger charge is -2.28. The van der Waals surface area contributed by atoms with Gasteiger partial charge in [-0.1, -0.05) is 12.1 Å². The molecule has 0 N–H and O–H groups in total. The van der Waals surface area contributed by atoms with Gasteiger partial charge in [-0.15, -0.1) is 0 Å². The first-order valence-electron chi connectivity index (χ1n) is 5.02. The molecule has 2 rings (SSSR count). The highest BCUT2D eigenvalue weighted by Crippen LogP contribution is 2.45. The highest BCUT2D eigenvalue weighted by molar-refractivity contribution is 5.87. The topological polar surface area (TPSA) is 26.3 Å². The summed E-state index contributed by atoms with van der Waals surface area (Å²) in [6.07, 6.45) is -4.27. The number of hydrogen-bond acceptors (Lipinski definition) is 2. The molecule has 1 heterocycles. The normalized spacial score (nSPS) is 23.8. The molecule has 0 radical (unpaired) electrons. The first kappa shape index (κ1) is 12.6. The van der Waals surface area contributed by atoms with E-state index in [1.165, 1.54) is 0 Å². The summed E-state index contributed by atoms with van der Waals surface area (Å²) in [6.45, 7) is 1.13. The fourth-order valence-corrected chi connectivity index (χ4v) is 1.88. The second-order valence-corrected chi connectivity index (χ2v) is 4.02. The highest BCUT2D eigenvalue weighted by atomic mass is 19.4. The molecule has 6 heteroatoms. The van der Waals surface area contributed by atoms with Crippen LogP contribution in [-0.4, -0.2) is 12.1 Å². The van der Waals surface area contributed by atoms with Gasteiger partial charge in [0.15, 0.2) is 5.60 Å². The molecule has 1 aromatic rings. The minimum Gasteiger partial charge on any atom is -0.446 e. The Morgan fingerprint density at radius 2 is 1.72 bits per heavy atom. The van der Waals surface area contributed by atoms with Crippen molar-refractivity contribution in [3.8, 4) is 0 Å². The Hall–Kier alpha value is -1.85. The van der Waals surface area contributed by atoms with Crippen LogP contribution in [0.4, 0.5) is 17.6 Å². The zero-order valence-corrected chi connectivity index (χ0v) is 9.22. The summed E-state index contributed by atoms with van der Waals surface area (Å²) in [5.41, 5.74) is -2.95. The zero-order chi connectivity index (χ0) is 13.6. The van der Waals surface area contributed by atoms with E-state index in [-0.39, 0.29) is 5.56 Å². The second kappa shape index (κ2) is 3.83. The van der Waals surface area contributed by atoms with E-state index in [1.54, 1.807) is 0 Å². The summed E-state index contributed by atoms with van der Waals surface area (Å²) in [7, 11) is 0. The average Bonchev–Trinajstić information content (AvgIpc) is 2.56. The van der Waals surface area contributed by atoms with Gasteiger partial charge in [-0.05, 0) is 24.6 Å². The molecule has 1 aliphatic rings. The third kappa shape index (κ3) is 1.98. The van der Waals surface area contributed by atoms with Gasteiger partial charge in [-0.25, -0.2) is 9.18 Å². The van der Waals surface area contributed by atoms with Crippen molar-refractivity contribution in [2.24, 2.45) is 0 Å². The largest absolute Gasteiger partial charge is 0.446 e. The molecule has 2 nitrogen and oxygen atoms in total. The number of carbonyl (C=O) groups excluding carboxylic acids is 1. The van der Waals surface area contributed by atoms with Crippen molar-refractivity contribution < 1.29 is 27.1 Å². The van der Waals surface area contributed by atoms with E-state index >= 15 is 0 Å². The van der Waals surface area contributed by atoms with E-state index < -0.39 is 29.1 Å². The van der Waals surface area contributed by atoms with E-state index in [1.807, 2.05) is 0 Å². The van der Waals surface area contributed by atoms with Gasteiger partial charge in [0.2, 0.25) is 0 Å². The fraction of sp³-hybridized carbons (Fsp3) is 0.250. The second-order valence-electron chi connectivity index (χ2n) is 4.02. The maximum absolute atomic E-state index is 12.8. The van der Waals surface area contributed by atoms with Crippen LogP contribution in [0.5, 0.6) is 0 Å². The third-order valence-electron chi connectivity index (χ3n) is 2.78. The molecule has 0 saturated carbocycles. The molecule has 0 bridgehead atoms. The molecule has 0 amide bonds. The fourth-order valence-electron chi connectivity index (χ4n) is 1.88.